The smallest absolute Gasteiger partial charge is 0.321 e. The lowest BCUT2D eigenvalue weighted by Gasteiger charge is -2.39. The van der Waals surface area contributed by atoms with Gasteiger partial charge >= 0.3 is 6.03 Å². The number of aromatic nitrogens is 2. The summed E-state index contributed by atoms with van der Waals surface area (Å²) >= 11 is 0. The van der Waals surface area contributed by atoms with Gasteiger partial charge in [-0.05, 0) is 31.5 Å². The minimum atomic E-state index is -0.229. The largest absolute Gasteiger partial charge is 0.324 e. The molecule has 8 nitrogen and oxygen atoms in total. The third kappa shape index (κ3) is 3.09. The summed E-state index contributed by atoms with van der Waals surface area (Å²) in [5, 5.41) is 10.0. The maximum Gasteiger partial charge on any atom is 0.324 e. The summed E-state index contributed by atoms with van der Waals surface area (Å²) in [5.41, 5.74) is 2.67. The van der Waals surface area contributed by atoms with E-state index in [2.05, 4.69) is 27.0 Å². The lowest BCUT2D eigenvalue weighted by atomic mass is 10.1. The molecule has 2 saturated heterocycles. The quantitative estimate of drug-likeness (QED) is 0.822. The van der Waals surface area contributed by atoms with E-state index in [-0.39, 0.29) is 11.9 Å². The van der Waals surface area contributed by atoms with Gasteiger partial charge in [-0.3, -0.25) is 19.7 Å². The van der Waals surface area contributed by atoms with Crippen molar-refractivity contribution in [2.75, 3.05) is 31.5 Å². The van der Waals surface area contributed by atoms with Crippen LogP contribution in [-0.4, -0.2) is 69.1 Å². The third-order valence-corrected chi connectivity index (χ3v) is 6.15. The molecule has 2 aromatic rings. The second-order valence-electron chi connectivity index (χ2n) is 7.84. The molecule has 4 heterocycles. The summed E-state index contributed by atoms with van der Waals surface area (Å²) in [6.07, 6.45) is 2.37. The van der Waals surface area contributed by atoms with E-state index < -0.39 is 0 Å². The van der Waals surface area contributed by atoms with Crippen molar-refractivity contribution < 1.29 is 9.59 Å². The first-order chi connectivity index (χ1) is 14.1. The number of rotatable bonds is 2. The standard InChI is InChI=1S/C21H24N6O2/c1-14-18-17(19(24-23-18)22-20(28)15-6-3-2-4-7-15)13-27(14)21(29)26-11-10-25-9-5-8-16(25)12-26/h2-4,6-7,16H,1,5,8-13H2,(H2,22,23,24,28). The first-order valence-corrected chi connectivity index (χ1v) is 10.0. The molecule has 0 bridgehead atoms. The Morgan fingerprint density at radius 2 is 2.00 bits per heavy atom. The zero-order valence-electron chi connectivity index (χ0n) is 16.2. The number of carbonyl (C=O) groups excluding carboxylic acids is 2. The van der Waals surface area contributed by atoms with E-state index in [0.29, 0.717) is 35.4 Å². The zero-order valence-corrected chi connectivity index (χ0v) is 16.2. The molecule has 2 fully saturated rings. The molecule has 1 aromatic carbocycles. The molecule has 0 spiro atoms. The highest BCUT2D eigenvalue weighted by molar-refractivity contribution is 6.04. The molecule has 150 valence electrons. The molecule has 3 amide bonds. The number of piperazine rings is 1. The van der Waals surface area contributed by atoms with Crippen molar-refractivity contribution in [3.63, 3.8) is 0 Å². The zero-order chi connectivity index (χ0) is 20.0. The number of urea groups is 1. The van der Waals surface area contributed by atoms with E-state index >= 15 is 0 Å². The van der Waals surface area contributed by atoms with Gasteiger partial charge in [0.1, 0.15) is 0 Å². The summed E-state index contributed by atoms with van der Waals surface area (Å²) in [4.78, 5) is 31.7. The average molecular weight is 392 g/mol. The van der Waals surface area contributed by atoms with E-state index in [1.165, 1.54) is 6.42 Å². The van der Waals surface area contributed by atoms with Crippen LogP contribution in [0.1, 0.15) is 34.5 Å². The molecule has 0 radical (unpaired) electrons. The van der Waals surface area contributed by atoms with Gasteiger partial charge in [-0.1, -0.05) is 24.8 Å². The summed E-state index contributed by atoms with van der Waals surface area (Å²) < 4.78 is 0. The normalized spacial score (nSPS) is 21.2. The number of fused-ring (bicyclic) bond motifs is 2. The molecule has 8 heteroatoms. The predicted molar refractivity (Wildman–Crippen MR) is 109 cm³/mol. The van der Waals surface area contributed by atoms with E-state index in [0.717, 1.165) is 38.2 Å². The van der Waals surface area contributed by atoms with Crippen LogP contribution in [0.4, 0.5) is 10.6 Å². The molecular formula is C21H24N6O2. The SMILES string of the molecule is C=C1c2[nH]nc(NC(=O)c3ccccc3)c2CN1C(=O)N1CCN2CCCC2C1. The molecule has 3 aliphatic rings. The fourth-order valence-corrected chi connectivity index (χ4v) is 4.54. The Morgan fingerprint density at radius 3 is 2.83 bits per heavy atom. The number of aromatic amines is 1. The third-order valence-electron chi connectivity index (χ3n) is 6.15. The number of H-pyrrole nitrogens is 1. The highest BCUT2D eigenvalue weighted by atomic mass is 16.2. The fourth-order valence-electron chi connectivity index (χ4n) is 4.54. The molecule has 0 aliphatic carbocycles. The number of nitrogens with zero attached hydrogens (tertiary/aromatic N) is 4. The molecule has 3 aliphatic heterocycles. The lowest BCUT2D eigenvalue weighted by Crippen LogP contribution is -2.54. The maximum absolute atomic E-state index is 13.2. The number of benzene rings is 1. The molecule has 1 unspecified atom stereocenters. The van der Waals surface area contributed by atoms with Crippen LogP contribution in [0.3, 0.4) is 0 Å². The second-order valence-corrected chi connectivity index (χ2v) is 7.84. The number of hydrogen-bond donors (Lipinski definition) is 2. The van der Waals surface area contributed by atoms with Gasteiger partial charge in [-0.25, -0.2) is 4.79 Å². The summed E-state index contributed by atoms with van der Waals surface area (Å²) in [6.45, 7) is 8.04. The maximum atomic E-state index is 13.2. The molecule has 29 heavy (non-hydrogen) atoms. The van der Waals surface area contributed by atoms with Gasteiger partial charge in [-0.2, -0.15) is 5.10 Å². The Labute approximate surface area is 169 Å². The number of amides is 3. The molecule has 1 aromatic heterocycles. The van der Waals surface area contributed by atoms with Gasteiger partial charge in [-0.15, -0.1) is 0 Å². The monoisotopic (exact) mass is 392 g/mol. The van der Waals surface area contributed by atoms with Gasteiger partial charge in [0.05, 0.1) is 17.9 Å². The molecular weight excluding hydrogens is 368 g/mol. The van der Waals surface area contributed by atoms with Crippen molar-refractivity contribution in [3.05, 3.63) is 53.7 Å². The first-order valence-electron chi connectivity index (χ1n) is 10.0. The minimum absolute atomic E-state index is 0.0218. The highest BCUT2D eigenvalue weighted by Gasteiger charge is 2.38. The van der Waals surface area contributed by atoms with Crippen molar-refractivity contribution in [2.24, 2.45) is 0 Å². The topological polar surface area (TPSA) is 84.6 Å². The van der Waals surface area contributed by atoms with Crippen LogP contribution in [0.25, 0.3) is 5.70 Å². The number of carbonyl (C=O) groups is 2. The summed E-state index contributed by atoms with van der Waals surface area (Å²) in [5.74, 6) is 0.221. The van der Waals surface area contributed by atoms with Gasteiger partial charge in [0.15, 0.2) is 5.82 Å². The van der Waals surface area contributed by atoms with Crippen molar-refractivity contribution in [3.8, 4) is 0 Å². The first kappa shape index (κ1) is 17.9. The van der Waals surface area contributed by atoms with Crippen molar-refractivity contribution in [2.45, 2.75) is 25.4 Å². The van der Waals surface area contributed by atoms with Gasteiger partial charge in [0.25, 0.3) is 5.91 Å². The molecule has 0 saturated carbocycles. The van der Waals surface area contributed by atoms with E-state index in [1.54, 1.807) is 17.0 Å². The van der Waals surface area contributed by atoms with E-state index in [9.17, 15) is 9.59 Å². The van der Waals surface area contributed by atoms with Crippen LogP contribution < -0.4 is 5.32 Å². The Hall–Kier alpha value is -3.13. The van der Waals surface area contributed by atoms with Crippen LogP contribution >= 0.6 is 0 Å². The van der Waals surface area contributed by atoms with Crippen LogP contribution in [0.5, 0.6) is 0 Å². The van der Waals surface area contributed by atoms with Gasteiger partial charge in [0, 0.05) is 36.8 Å². The Bertz CT molecular complexity index is 969. The lowest BCUT2D eigenvalue weighted by molar-refractivity contribution is 0.102. The number of anilines is 1. The predicted octanol–water partition coefficient (Wildman–Crippen LogP) is 2.35. The van der Waals surface area contributed by atoms with Crippen LogP contribution in [0.15, 0.2) is 36.9 Å². The van der Waals surface area contributed by atoms with Crippen molar-refractivity contribution >= 4 is 23.5 Å². The summed E-state index contributed by atoms with van der Waals surface area (Å²) in [7, 11) is 0. The average Bonchev–Trinajstić information content (AvgIpc) is 3.45. The number of hydrogen-bond acceptors (Lipinski definition) is 4. The van der Waals surface area contributed by atoms with Gasteiger partial charge in [0.2, 0.25) is 0 Å². The Balaban J connectivity index is 1.30. The van der Waals surface area contributed by atoms with Crippen molar-refractivity contribution in [1.29, 1.82) is 0 Å². The summed E-state index contributed by atoms with van der Waals surface area (Å²) in [6, 6.07) is 9.45. The molecule has 2 N–H and O–H groups in total. The van der Waals surface area contributed by atoms with E-state index in [1.807, 2.05) is 23.1 Å². The highest BCUT2D eigenvalue weighted by Crippen LogP contribution is 2.35. The minimum Gasteiger partial charge on any atom is -0.321 e. The molecule has 1 atom stereocenters. The Morgan fingerprint density at radius 1 is 1.17 bits per heavy atom. The van der Waals surface area contributed by atoms with E-state index in [4.69, 9.17) is 0 Å². The van der Waals surface area contributed by atoms with Crippen molar-refractivity contribution in [1.82, 2.24) is 24.9 Å². The number of nitrogens with one attached hydrogen (secondary N) is 2. The second kappa shape index (κ2) is 7.04. The van der Waals surface area contributed by atoms with Gasteiger partial charge < -0.3 is 10.2 Å². The van der Waals surface area contributed by atoms with Crippen LogP contribution in [-0.2, 0) is 6.54 Å². The van der Waals surface area contributed by atoms with Crippen LogP contribution in [0.2, 0.25) is 0 Å². The Kier molecular flexibility index (Phi) is 4.35. The molecule has 5 rings (SSSR count). The van der Waals surface area contributed by atoms with Crippen LogP contribution in [0, 0.1) is 0 Å². The fraction of sp³-hybridized carbons (Fsp3) is 0.381.